The third-order valence-electron chi connectivity index (χ3n) is 2.96. The van der Waals surface area contributed by atoms with E-state index in [4.69, 9.17) is 9.47 Å². The third-order valence-corrected chi connectivity index (χ3v) is 2.96. The Morgan fingerprint density at radius 3 is 3.00 bits per heavy atom. The normalized spacial score (nSPS) is 11.8. The van der Waals surface area contributed by atoms with Crippen molar-refractivity contribution in [2.24, 2.45) is 0 Å². The second-order valence-electron chi connectivity index (χ2n) is 4.48. The van der Waals surface area contributed by atoms with Gasteiger partial charge in [-0.25, -0.2) is 9.97 Å². The van der Waals surface area contributed by atoms with Gasteiger partial charge in [-0.15, -0.1) is 6.58 Å². The highest BCUT2D eigenvalue weighted by Crippen LogP contribution is 2.34. The van der Waals surface area contributed by atoms with Crippen LogP contribution in [0, 0.1) is 0 Å². The van der Waals surface area contributed by atoms with Crippen molar-refractivity contribution < 1.29 is 14.3 Å². The Bertz CT molecular complexity index is 718. The lowest BCUT2D eigenvalue weighted by molar-refractivity contribution is 0.102. The molecule has 0 fully saturated rings. The van der Waals surface area contributed by atoms with E-state index in [1.807, 2.05) is 0 Å². The van der Waals surface area contributed by atoms with Gasteiger partial charge >= 0.3 is 0 Å². The van der Waals surface area contributed by atoms with Gasteiger partial charge < -0.3 is 20.1 Å². The van der Waals surface area contributed by atoms with Crippen molar-refractivity contribution >= 4 is 17.4 Å². The van der Waals surface area contributed by atoms with Crippen LogP contribution in [0.3, 0.4) is 0 Å². The number of ether oxygens (including phenoxy) is 2. The van der Waals surface area contributed by atoms with Crippen LogP contribution in [0.5, 0.6) is 11.5 Å². The molecule has 1 aliphatic heterocycles. The molecule has 0 spiro atoms. The van der Waals surface area contributed by atoms with Gasteiger partial charge in [0.2, 0.25) is 6.79 Å². The molecule has 2 heterocycles. The van der Waals surface area contributed by atoms with E-state index in [9.17, 15) is 4.79 Å². The van der Waals surface area contributed by atoms with Gasteiger partial charge in [-0.05, 0) is 12.1 Å². The predicted octanol–water partition coefficient (Wildman–Crippen LogP) is 2.06. The maximum atomic E-state index is 12.2. The molecule has 2 N–H and O–H groups in total. The second-order valence-corrected chi connectivity index (χ2v) is 4.48. The molecule has 7 nitrogen and oxygen atoms in total. The van der Waals surface area contributed by atoms with Crippen molar-refractivity contribution in [2.75, 3.05) is 24.0 Å². The average Bonchev–Trinajstić information content (AvgIpc) is 3.01. The van der Waals surface area contributed by atoms with E-state index in [1.165, 1.54) is 6.33 Å². The standard InChI is InChI=1S/C15H14N4O3/c1-2-5-16-14-7-11(17-8-18-14)15(20)19-10-3-4-12-13(6-10)22-9-21-12/h2-4,6-8H,1,5,9H2,(H,19,20)(H,16,17,18). The number of aromatic nitrogens is 2. The van der Waals surface area contributed by atoms with Gasteiger partial charge in [0.1, 0.15) is 17.8 Å². The number of benzene rings is 1. The summed E-state index contributed by atoms with van der Waals surface area (Å²) in [6, 6.07) is 6.77. The molecule has 1 aliphatic rings. The Kier molecular flexibility index (Phi) is 3.86. The Morgan fingerprint density at radius 2 is 2.14 bits per heavy atom. The molecule has 0 saturated carbocycles. The number of amides is 1. The quantitative estimate of drug-likeness (QED) is 0.822. The van der Waals surface area contributed by atoms with Crippen molar-refractivity contribution in [3.05, 3.63) is 48.9 Å². The highest BCUT2D eigenvalue weighted by Gasteiger charge is 2.15. The monoisotopic (exact) mass is 298 g/mol. The predicted molar refractivity (Wildman–Crippen MR) is 81.2 cm³/mol. The number of rotatable bonds is 5. The summed E-state index contributed by atoms with van der Waals surface area (Å²) in [5.41, 5.74) is 0.868. The van der Waals surface area contributed by atoms with Gasteiger partial charge in [-0.2, -0.15) is 0 Å². The Morgan fingerprint density at radius 1 is 1.27 bits per heavy atom. The number of fused-ring (bicyclic) bond motifs is 1. The van der Waals surface area contributed by atoms with E-state index in [0.29, 0.717) is 29.5 Å². The molecule has 7 heteroatoms. The van der Waals surface area contributed by atoms with Gasteiger partial charge in [0, 0.05) is 24.4 Å². The zero-order chi connectivity index (χ0) is 15.4. The summed E-state index contributed by atoms with van der Waals surface area (Å²) in [4.78, 5) is 20.2. The van der Waals surface area contributed by atoms with Crippen LogP contribution in [0.25, 0.3) is 0 Å². The van der Waals surface area contributed by atoms with E-state index < -0.39 is 0 Å². The van der Waals surface area contributed by atoms with Crippen LogP contribution < -0.4 is 20.1 Å². The minimum Gasteiger partial charge on any atom is -0.454 e. The molecular weight excluding hydrogens is 284 g/mol. The highest BCUT2D eigenvalue weighted by molar-refractivity contribution is 6.03. The van der Waals surface area contributed by atoms with Gasteiger partial charge in [-0.3, -0.25) is 4.79 Å². The van der Waals surface area contributed by atoms with Gasteiger partial charge in [0.05, 0.1) is 0 Å². The van der Waals surface area contributed by atoms with E-state index in [0.717, 1.165) is 0 Å². The van der Waals surface area contributed by atoms with Gasteiger partial charge in [0.25, 0.3) is 5.91 Å². The van der Waals surface area contributed by atoms with Crippen LogP contribution in [0.4, 0.5) is 11.5 Å². The summed E-state index contributed by atoms with van der Waals surface area (Å²) in [6.07, 6.45) is 3.04. The number of carbonyl (C=O) groups excluding carboxylic acids is 1. The zero-order valence-electron chi connectivity index (χ0n) is 11.7. The van der Waals surface area contributed by atoms with Gasteiger partial charge in [-0.1, -0.05) is 6.08 Å². The minimum absolute atomic E-state index is 0.191. The smallest absolute Gasteiger partial charge is 0.274 e. The second kappa shape index (κ2) is 6.13. The Labute approximate surface area is 127 Å². The number of nitrogens with zero attached hydrogens (tertiary/aromatic N) is 2. The largest absolute Gasteiger partial charge is 0.454 e. The molecule has 1 amide bonds. The summed E-state index contributed by atoms with van der Waals surface area (Å²) in [7, 11) is 0. The Hall–Kier alpha value is -3.09. The lowest BCUT2D eigenvalue weighted by Crippen LogP contribution is -2.14. The first-order chi connectivity index (χ1) is 10.8. The van der Waals surface area contributed by atoms with Gasteiger partial charge in [0.15, 0.2) is 11.5 Å². The van der Waals surface area contributed by atoms with Crippen LogP contribution in [0.15, 0.2) is 43.2 Å². The van der Waals surface area contributed by atoms with Crippen molar-refractivity contribution in [3.63, 3.8) is 0 Å². The van der Waals surface area contributed by atoms with Crippen molar-refractivity contribution in [3.8, 4) is 11.5 Å². The van der Waals surface area contributed by atoms with E-state index in [2.05, 4.69) is 27.2 Å². The van der Waals surface area contributed by atoms with Crippen molar-refractivity contribution in [2.45, 2.75) is 0 Å². The molecule has 0 radical (unpaired) electrons. The summed E-state index contributed by atoms with van der Waals surface area (Å²) in [5.74, 6) is 1.50. The molecule has 3 rings (SSSR count). The van der Waals surface area contributed by atoms with Crippen LogP contribution in [-0.4, -0.2) is 29.2 Å². The van der Waals surface area contributed by atoms with Crippen LogP contribution in [0.1, 0.15) is 10.5 Å². The third kappa shape index (κ3) is 2.98. The van der Waals surface area contributed by atoms with Crippen molar-refractivity contribution in [1.29, 1.82) is 0 Å². The van der Waals surface area contributed by atoms with E-state index in [1.54, 1.807) is 30.3 Å². The molecule has 1 aromatic carbocycles. The van der Waals surface area contributed by atoms with Crippen LogP contribution in [-0.2, 0) is 0 Å². The minimum atomic E-state index is -0.331. The summed E-state index contributed by atoms with van der Waals surface area (Å²) in [5, 5.41) is 5.76. The SMILES string of the molecule is C=CCNc1cc(C(=O)Nc2ccc3c(c2)OCO3)ncn1. The highest BCUT2D eigenvalue weighted by atomic mass is 16.7. The first-order valence-electron chi connectivity index (χ1n) is 6.64. The average molecular weight is 298 g/mol. The molecule has 1 aromatic heterocycles. The molecule has 0 atom stereocenters. The fraction of sp³-hybridized carbons (Fsp3) is 0.133. The first kappa shape index (κ1) is 13.9. The number of anilines is 2. The molecular formula is C15H14N4O3. The maximum absolute atomic E-state index is 12.2. The van der Waals surface area contributed by atoms with Crippen LogP contribution >= 0.6 is 0 Å². The summed E-state index contributed by atoms with van der Waals surface area (Å²) >= 11 is 0. The molecule has 112 valence electrons. The summed E-state index contributed by atoms with van der Waals surface area (Å²) in [6.45, 7) is 4.36. The van der Waals surface area contributed by atoms with Crippen LogP contribution in [0.2, 0.25) is 0 Å². The number of nitrogens with one attached hydrogen (secondary N) is 2. The maximum Gasteiger partial charge on any atom is 0.274 e. The molecule has 22 heavy (non-hydrogen) atoms. The lowest BCUT2D eigenvalue weighted by atomic mass is 10.2. The number of carbonyl (C=O) groups is 1. The molecule has 0 saturated heterocycles. The zero-order valence-corrected chi connectivity index (χ0v) is 11.7. The molecule has 0 bridgehead atoms. The lowest BCUT2D eigenvalue weighted by Gasteiger charge is -2.07. The molecule has 2 aromatic rings. The summed E-state index contributed by atoms with van der Waals surface area (Å²) < 4.78 is 10.5. The van der Waals surface area contributed by atoms with E-state index >= 15 is 0 Å². The number of hydrogen-bond donors (Lipinski definition) is 2. The topological polar surface area (TPSA) is 85.4 Å². The number of hydrogen-bond acceptors (Lipinski definition) is 6. The molecule has 0 unspecified atom stereocenters. The fourth-order valence-corrected chi connectivity index (χ4v) is 1.92. The van der Waals surface area contributed by atoms with E-state index in [-0.39, 0.29) is 18.4 Å². The fourth-order valence-electron chi connectivity index (χ4n) is 1.92. The Balaban J connectivity index is 1.72. The van der Waals surface area contributed by atoms with Crippen molar-refractivity contribution in [1.82, 2.24) is 9.97 Å². The first-order valence-corrected chi connectivity index (χ1v) is 6.64. The molecule has 0 aliphatic carbocycles.